The molecule has 0 bridgehead atoms. The number of aromatic nitrogens is 2. The molecule has 18 heteroatoms. The summed E-state index contributed by atoms with van der Waals surface area (Å²) in [6.07, 6.45) is 3.52. The van der Waals surface area contributed by atoms with Crippen molar-refractivity contribution in [2.75, 3.05) is 11.9 Å². The van der Waals surface area contributed by atoms with Crippen molar-refractivity contribution in [3.63, 3.8) is 0 Å². The van der Waals surface area contributed by atoms with Gasteiger partial charge in [0.25, 0.3) is 0 Å². The first-order valence-corrected chi connectivity index (χ1v) is 12.6. The van der Waals surface area contributed by atoms with Gasteiger partial charge in [0.15, 0.2) is 0 Å². The molecule has 0 atom stereocenters. The van der Waals surface area contributed by atoms with Crippen LogP contribution in [0.25, 0.3) is 0 Å². The second kappa shape index (κ2) is 23.0. The number of halogens is 2. The Morgan fingerprint density at radius 2 is 1.15 bits per heavy atom. The van der Waals surface area contributed by atoms with Crippen molar-refractivity contribution in [3.8, 4) is 6.07 Å². The van der Waals surface area contributed by atoms with E-state index in [1.807, 2.05) is 71.6 Å². The van der Waals surface area contributed by atoms with Gasteiger partial charge in [-0.05, 0) is 36.4 Å². The summed E-state index contributed by atoms with van der Waals surface area (Å²) < 4.78 is 67.9. The van der Waals surface area contributed by atoms with Crippen LogP contribution in [0.4, 0.5) is 5.69 Å². The summed E-state index contributed by atoms with van der Waals surface area (Å²) in [5.74, 6) is -0.0573. The third kappa shape index (κ3) is 29.8. The van der Waals surface area contributed by atoms with Gasteiger partial charge in [-0.15, -0.1) is 20.5 Å². The van der Waals surface area contributed by atoms with Crippen LogP contribution in [0.5, 0.6) is 0 Å². The maximum absolute atomic E-state index is 12.4. The standard InChI is InChI=1S/C20H20N4O.C2H3N.2ClHO4.H2O.Zn/c25-20(23-17-8-2-1-3-9-17)16-24(14-18-10-4-6-12-21-18)15-19-11-5-7-13-22-19;1-2-3;2*2-1(3,4)5;;/h1-13H,14-16H2,(H,23,25);1H3;2*(H,2,3,4,5);1H2;/q;;;;;+2/p-2. The number of anilines is 1. The predicted molar refractivity (Wildman–Crippen MR) is 113 cm³/mol. The zero-order valence-electron chi connectivity index (χ0n) is 21.1. The van der Waals surface area contributed by atoms with Crippen molar-refractivity contribution in [3.05, 3.63) is 90.5 Å². The van der Waals surface area contributed by atoms with Crippen molar-refractivity contribution in [2.24, 2.45) is 0 Å². The van der Waals surface area contributed by atoms with Gasteiger partial charge in [-0.2, -0.15) is 5.26 Å². The summed E-state index contributed by atoms with van der Waals surface area (Å²) in [5, 5.41) is 10.2. The Hall–Kier alpha value is -2.72. The molecule has 0 aliphatic rings. The molecule has 0 aliphatic heterocycles. The van der Waals surface area contributed by atoms with Crippen LogP contribution in [-0.2, 0) is 37.4 Å². The van der Waals surface area contributed by atoms with Crippen molar-refractivity contribution >= 4 is 11.6 Å². The number of carbonyl (C=O) groups is 1. The van der Waals surface area contributed by atoms with E-state index in [2.05, 4.69) is 15.3 Å². The third-order valence-corrected chi connectivity index (χ3v) is 3.65. The normalized spacial score (nSPS) is 9.82. The van der Waals surface area contributed by atoms with E-state index in [-0.39, 0.29) is 37.4 Å². The quantitative estimate of drug-likeness (QED) is 0.232. The van der Waals surface area contributed by atoms with E-state index in [0.29, 0.717) is 13.1 Å². The second-order valence-electron chi connectivity index (χ2n) is 6.68. The summed E-state index contributed by atoms with van der Waals surface area (Å²) in [5.41, 5.74) is 2.64. The van der Waals surface area contributed by atoms with Crippen LogP contribution in [-0.4, -0.2) is 32.8 Å². The van der Waals surface area contributed by atoms with E-state index in [0.717, 1.165) is 17.1 Å². The van der Waals surface area contributed by atoms with Crippen LogP contribution in [0, 0.1) is 31.8 Å². The fourth-order valence-corrected chi connectivity index (χ4v) is 2.53. The number of hydrogen-bond acceptors (Lipinski definition) is 13. The van der Waals surface area contributed by atoms with E-state index in [4.69, 9.17) is 42.5 Å². The Labute approximate surface area is 247 Å². The maximum Gasteiger partial charge on any atom is 2.00 e. The largest absolute Gasteiger partial charge is 2.00 e. The molecule has 3 N–H and O–H groups in total. The van der Waals surface area contributed by atoms with Gasteiger partial charge < -0.3 is 10.8 Å². The number of para-hydroxylation sites is 1. The molecule has 15 nitrogen and oxygen atoms in total. The number of nitrogens with one attached hydrogen (secondary N) is 1. The van der Waals surface area contributed by atoms with Gasteiger partial charge in [0, 0.05) is 38.1 Å². The summed E-state index contributed by atoms with van der Waals surface area (Å²) in [7, 11) is -9.89. The third-order valence-electron chi connectivity index (χ3n) is 3.65. The number of hydrogen-bond donors (Lipinski definition) is 1. The molecule has 0 radical (unpaired) electrons. The number of benzene rings is 1. The zero-order valence-corrected chi connectivity index (χ0v) is 25.5. The molecule has 3 rings (SSSR count). The molecule has 40 heavy (non-hydrogen) atoms. The van der Waals surface area contributed by atoms with Crippen molar-refractivity contribution in [1.29, 1.82) is 5.26 Å². The molecule has 2 heterocycles. The molecule has 1 aromatic carbocycles. The molecule has 0 fully saturated rings. The van der Waals surface area contributed by atoms with Crippen molar-refractivity contribution < 1.29 is 87.5 Å². The molecular formula is C22H25Cl2N5O10Zn. The van der Waals surface area contributed by atoms with Gasteiger partial charge >= 0.3 is 19.5 Å². The fourth-order valence-electron chi connectivity index (χ4n) is 2.53. The molecule has 214 valence electrons. The van der Waals surface area contributed by atoms with Crippen LogP contribution in [0.2, 0.25) is 0 Å². The number of pyridine rings is 2. The molecule has 3 aromatic rings. The maximum atomic E-state index is 12.4. The first-order chi connectivity index (χ1) is 17.7. The first-order valence-electron chi connectivity index (χ1n) is 10.1. The van der Waals surface area contributed by atoms with E-state index >= 15 is 0 Å². The summed E-state index contributed by atoms with van der Waals surface area (Å²) >= 11 is 0. The topological polar surface area (TPSA) is 298 Å². The number of nitriles is 1. The van der Waals surface area contributed by atoms with E-state index < -0.39 is 20.5 Å². The number of nitrogens with zero attached hydrogens (tertiary/aromatic N) is 4. The second-order valence-corrected chi connectivity index (χ2v) is 8.19. The minimum absolute atomic E-state index is 0. The molecule has 0 aliphatic carbocycles. The predicted octanol–water partition coefficient (Wildman–Crippen LogP) is -6.69. The van der Waals surface area contributed by atoms with Crippen LogP contribution in [0.3, 0.4) is 0 Å². The van der Waals surface area contributed by atoms with Crippen LogP contribution < -0.4 is 42.6 Å². The van der Waals surface area contributed by atoms with Gasteiger partial charge in [-0.3, -0.25) is 19.7 Å². The Kier molecular flexibility index (Phi) is 24.0. The molecular weight excluding hydrogens is 631 g/mol. The average molecular weight is 656 g/mol. The molecule has 0 spiro atoms. The van der Waals surface area contributed by atoms with E-state index in [1.54, 1.807) is 18.5 Å². The number of rotatable bonds is 7. The molecule has 2 aromatic heterocycles. The SMILES string of the molecule is CC#N.O.O=C(CN(Cc1ccccn1)Cc1ccccn1)Nc1ccccc1.[O-][Cl+3]([O-])([O-])[O-].[O-][Cl+3]([O-])([O-])[O-].[Zn+2]. The Bertz CT molecular complexity index is 1010. The van der Waals surface area contributed by atoms with Gasteiger partial charge in [-0.1, -0.05) is 30.3 Å². The smallest absolute Gasteiger partial charge is 0.412 e. The van der Waals surface area contributed by atoms with E-state index in [9.17, 15) is 4.79 Å². The van der Waals surface area contributed by atoms with Crippen LogP contribution in [0.1, 0.15) is 18.3 Å². The van der Waals surface area contributed by atoms with Gasteiger partial charge in [-0.25, -0.2) is 37.3 Å². The fraction of sp³-hybridized carbons (Fsp3) is 0.182. The molecule has 1 amide bonds. The summed E-state index contributed by atoms with van der Waals surface area (Å²) in [6.45, 7) is 2.86. The molecule has 0 saturated carbocycles. The summed E-state index contributed by atoms with van der Waals surface area (Å²) in [4.78, 5) is 23.2. The van der Waals surface area contributed by atoms with Gasteiger partial charge in [0.05, 0.1) is 24.0 Å². The van der Waals surface area contributed by atoms with E-state index in [1.165, 1.54) is 6.92 Å². The van der Waals surface area contributed by atoms with Crippen molar-refractivity contribution in [2.45, 2.75) is 20.0 Å². The molecule has 0 saturated heterocycles. The monoisotopic (exact) mass is 653 g/mol. The van der Waals surface area contributed by atoms with Crippen LogP contribution in [0.15, 0.2) is 79.1 Å². The Morgan fingerprint density at radius 1 is 0.800 bits per heavy atom. The summed E-state index contributed by atoms with van der Waals surface area (Å²) in [6, 6.07) is 22.8. The number of amides is 1. The Morgan fingerprint density at radius 3 is 1.48 bits per heavy atom. The average Bonchev–Trinajstić information content (AvgIpc) is 2.79. The zero-order chi connectivity index (χ0) is 29.0. The minimum atomic E-state index is -4.94. The first kappa shape index (κ1) is 41.8. The minimum Gasteiger partial charge on any atom is -0.412 e. The number of carbonyl (C=O) groups excluding carboxylic acids is 1. The van der Waals surface area contributed by atoms with Crippen molar-refractivity contribution in [1.82, 2.24) is 14.9 Å². The van der Waals surface area contributed by atoms with Gasteiger partial charge in [0.2, 0.25) is 5.91 Å². The van der Waals surface area contributed by atoms with Gasteiger partial charge in [0.1, 0.15) is 0 Å². The molecule has 0 unspecified atom stereocenters. The van der Waals surface area contributed by atoms with Crippen LogP contribution >= 0.6 is 0 Å². The Balaban J connectivity index is -0.000000771.